The van der Waals surface area contributed by atoms with E-state index in [0.717, 1.165) is 39.1 Å². The van der Waals surface area contributed by atoms with E-state index in [1.54, 1.807) is 0 Å². The van der Waals surface area contributed by atoms with Crippen LogP contribution in [0.5, 0.6) is 0 Å². The van der Waals surface area contributed by atoms with Crippen molar-refractivity contribution in [3.63, 3.8) is 0 Å². The molecule has 1 heterocycles. The Kier molecular flexibility index (Phi) is 7.23. The minimum absolute atomic E-state index is 0.0767. The Morgan fingerprint density at radius 3 is 2.78 bits per heavy atom. The number of likely N-dealkylation sites (N-methyl/N-ethyl adjacent to an activating group) is 1. The summed E-state index contributed by atoms with van der Waals surface area (Å²) >= 11 is 0. The van der Waals surface area contributed by atoms with Crippen LogP contribution in [0, 0.1) is 0 Å². The molecule has 1 saturated heterocycles. The Bertz CT molecular complexity index is 244. The summed E-state index contributed by atoms with van der Waals surface area (Å²) in [5.74, 6) is 0.0767. The van der Waals surface area contributed by atoms with Crippen molar-refractivity contribution < 1.29 is 9.53 Å². The topological polar surface area (TPSA) is 53.6 Å². The molecule has 1 fully saturated rings. The fourth-order valence-corrected chi connectivity index (χ4v) is 2.11. The van der Waals surface area contributed by atoms with Gasteiger partial charge >= 0.3 is 0 Å². The minimum Gasteiger partial charge on any atom is -0.374 e. The Morgan fingerprint density at radius 1 is 1.44 bits per heavy atom. The van der Waals surface area contributed by atoms with Crippen molar-refractivity contribution in [2.75, 3.05) is 39.8 Å². The van der Waals surface area contributed by atoms with Crippen LogP contribution in [0.15, 0.2) is 0 Å². The Hall–Kier alpha value is -0.650. The second-order valence-corrected chi connectivity index (χ2v) is 4.97. The average molecular weight is 257 g/mol. The molecule has 0 bridgehead atoms. The van der Waals surface area contributed by atoms with Crippen LogP contribution >= 0.6 is 0 Å². The molecule has 1 atom stereocenters. The third-order valence-corrected chi connectivity index (χ3v) is 3.35. The number of ether oxygens (including phenoxy) is 1. The van der Waals surface area contributed by atoms with E-state index in [0.29, 0.717) is 12.6 Å². The molecule has 2 N–H and O–H groups in total. The fourth-order valence-electron chi connectivity index (χ4n) is 2.11. The lowest BCUT2D eigenvalue weighted by atomic mass is 10.2. The molecule has 106 valence electrons. The van der Waals surface area contributed by atoms with Gasteiger partial charge in [0.1, 0.15) is 0 Å². The molecular weight excluding hydrogens is 230 g/mol. The highest BCUT2D eigenvalue weighted by Crippen LogP contribution is 2.01. The first-order valence-electron chi connectivity index (χ1n) is 6.95. The maximum absolute atomic E-state index is 11.7. The first-order valence-corrected chi connectivity index (χ1v) is 6.95. The molecule has 1 aliphatic rings. The second-order valence-electron chi connectivity index (χ2n) is 4.97. The zero-order valence-electron chi connectivity index (χ0n) is 11.9. The molecule has 5 heteroatoms. The number of rotatable bonds is 7. The summed E-state index contributed by atoms with van der Waals surface area (Å²) in [7, 11) is 2.09. The third kappa shape index (κ3) is 5.80. The Balaban J connectivity index is 2.11. The van der Waals surface area contributed by atoms with E-state index in [1.165, 1.54) is 0 Å². The standard InChI is InChI=1S/C13H27N3O2/c1-4-11(5-2)15-13(17)9-14-8-12-10-16(3)6-7-18-12/h11-12,14H,4-10H2,1-3H3,(H,15,17). The van der Waals surface area contributed by atoms with Crippen LogP contribution in [0.1, 0.15) is 26.7 Å². The zero-order chi connectivity index (χ0) is 13.4. The molecule has 18 heavy (non-hydrogen) atoms. The van der Waals surface area contributed by atoms with Gasteiger partial charge in [-0.2, -0.15) is 0 Å². The lowest BCUT2D eigenvalue weighted by molar-refractivity contribution is -0.121. The van der Waals surface area contributed by atoms with E-state index in [4.69, 9.17) is 4.74 Å². The van der Waals surface area contributed by atoms with Gasteiger partial charge in [-0.15, -0.1) is 0 Å². The van der Waals surface area contributed by atoms with Gasteiger partial charge in [0.15, 0.2) is 0 Å². The summed E-state index contributed by atoms with van der Waals surface area (Å²) in [6.45, 7) is 8.00. The molecule has 0 aromatic heterocycles. The maximum atomic E-state index is 11.7. The van der Waals surface area contributed by atoms with Gasteiger partial charge in [0.05, 0.1) is 19.3 Å². The van der Waals surface area contributed by atoms with Crippen LogP contribution < -0.4 is 10.6 Å². The number of nitrogens with one attached hydrogen (secondary N) is 2. The van der Waals surface area contributed by atoms with Gasteiger partial charge in [0, 0.05) is 25.7 Å². The van der Waals surface area contributed by atoms with Gasteiger partial charge in [-0.3, -0.25) is 4.79 Å². The van der Waals surface area contributed by atoms with E-state index in [-0.39, 0.29) is 12.0 Å². The molecule has 1 amide bonds. The monoisotopic (exact) mass is 257 g/mol. The summed E-state index contributed by atoms with van der Waals surface area (Å²) in [6, 6.07) is 0.302. The smallest absolute Gasteiger partial charge is 0.234 e. The van der Waals surface area contributed by atoms with Gasteiger partial charge in [-0.05, 0) is 19.9 Å². The molecule has 0 spiro atoms. The van der Waals surface area contributed by atoms with Crippen molar-refractivity contribution in [2.24, 2.45) is 0 Å². The summed E-state index contributed by atoms with van der Waals surface area (Å²) in [4.78, 5) is 13.9. The number of nitrogens with zero attached hydrogens (tertiary/aromatic N) is 1. The number of hydrogen-bond donors (Lipinski definition) is 2. The fraction of sp³-hybridized carbons (Fsp3) is 0.923. The van der Waals surface area contributed by atoms with Gasteiger partial charge < -0.3 is 20.3 Å². The molecule has 0 radical (unpaired) electrons. The first-order chi connectivity index (χ1) is 8.65. The van der Waals surface area contributed by atoms with Crippen LogP contribution in [0.3, 0.4) is 0 Å². The number of morpholine rings is 1. The highest BCUT2D eigenvalue weighted by molar-refractivity contribution is 5.78. The molecule has 0 aliphatic carbocycles. The van der Waals surface area contributed by atoms with Crippen LogP contribution in [0.2, 0.25) is 0 Å². The van der Waals surface area contributed by atoms with Gasteiger partial charge in [0.25, 0.3) is 0 Å². The molecule has 5 nitrogen and oxygen atoms in total. The lowest BCUT2D eigenvalue weighted by Gasteiger charge is -2.30. The number of amides is 1. The Morgan fingerprint density at radius 2 is 2.17 bits per heavy atom. The van der Waals surface area contributed by atoms with E-state index in [1.807, 2.05) is 0 Å². The predicted molar refractivity (Wildman–Crippen MR) is 72.6 cm³/mol. The first kappa shape index (κ1) is 15.4. The summed E-state index contributed by atoms with van der Waals surface area (Å²) in [5.41, 5.74) is 0. The normalized spacial score (nSPS) is 21.2. The molecule has 0 aromatic carbocycles. The van der Waals surface area contributed by atoms with Crippen molar-refractivity contribution in [2.45, 2.75) is 38.8 Å². The summed E-state index contributed by atoms with van der Waals surface area (Å²) < 4.78 is 5.62. The zero-order valence-corrected chi connectivity index (χ0v) is 11.9. The lowest BCUT2D eigenvalue weighted by Crippen LogP contribution is -2.47. The third-order valence-electron chi connectivity index (χ3n) is 3.35. The second kappa shape index (κ2) is 8.45. The van der Waals surface area contributed by atoms with Crippen LogP contribution in [0.25, 0.3) is 0 Å². The van der Waals surface area contributed by atoms with Gasteiger partial charge in [0.2, 0.25) is 5.91 Å². The molecule has 0 saturated carbocycles. The minimum atomic E-state index is 0.0767. The average Bonchev–Trinajstić information content (AvgIpc) is 2.36. The molecule has 1 unspecified atom stereocenters. The van der Waals surface area contributed by atoms with E-state index < -0.39 is 0 Å². The number of carbonyl (C=O) groups excluding carboxylic acids is 1. The Labute approximate surface area is 110 Å². The van der Waals surface area contributed by atoms with Gasteiger partial charge in [-0.1, -0.05) is 13.8 Å². The largest absolute Gasteiger partial charge is 0.374 e. The summed E-state index contributed by atoms with van der Waals surface area (Å²) in [6.07, 6.45) is 2.17. The van der Waals surface area contributed by atoms with E-state index in [9.17, 15) is 4.79 Å². The SMILES string of the molecule is CCC(CC)NC(=O)CNCC1CN(C)CCO1. The molecule has 0 aromatic rings. The predicted octanol–water partition coefficient (Wildman–Crippen LogP) is 0.211. The molecule has 1 rings (SSSR count). The van der Waals surface area contributed by atoms with Crippen molar-refractivity contribution >= 4 is 5.91 Å². The van der Waals surface area contributed by atoms with Crippen molar-refractivity contribution in [3.8, 4) is 0 Å². The van der Waals surface area contributed by atoms with Crippen molar-refractivity contribution in [1.29, 1.82) is 0 Å². The quantitative estimate of drug-likeness (QED) is 0.685. The maximum Gasteiger partial charge on any atom is 0.234 e. The summed E-state index contributed by atoms with van der Waals surface area (Å²) in [5, 5.41) is 6.18. The van der Waals surface area contributed by atoms with E-state index in [2.05, 4.69) is 36.4 Å². The van der Waals surface area contributed by atoms with Gasteiger partial charge in [-0.25, -0.2) is 0 Å². The molecular formula is C13H27N3O2. The number of carbonyl (C=O) groups is 1. The highest BCUT2D eigenvalue weighted by Gasteiger charge is 2.17. The highest BCUT2D eigenvalue weighted by atomic mass is 16.5. The molecule has 1 aliphatic heterocycles. The van der Waals surface area contributed by atoms with Crippen molar-refractivity contribution in [1.82, 2.24) is 15.5 Å². The van der Waals surface area contributed by atoms with E-state index >= 15 is 0 Å². The van der Waals surface area contributed by atoms with Crippen LogP contribution in [-0.2, 0) is 9.53 Å². The van der Waals surface area contributed by atoms with Crippen molar-refractivity contribution in [3.05, 3.63) is 0 Å². The number of hydrogen-bond acceptors (Lipinski definition) is 4. The van der Waals surface area contributed by atoms with Crippen LogP contribution in [-0.4, -0.2) is 62.8 Å². The van der Waals surface area contributed by atoms with Crippen LogP contribution in [0.4, 0.5) is 0 Å².